The van der Waals surface area contributed by atoms with E-state index >= 15 is 0 Å². The van der Waals surface area contributed by atoms with Crippen molar-refractivity contribution in [2.45, 2.75) is 32.1 Å². The summed E-state index contributed by atoms with van der Waals surface area (Å²) in [7, 11) is 0. The van der Waals surface area contributed by atoms with Gasteiger partial charge in [-0.05, 0) is 48.1 Å². The van der Waals surface area contributed by atoms with Gasteiger partial charge in [0, 0.05) is 12.8 Å². The minimum atomic E-state index is -0.256. The van der Waals surface area contributed by atoms with Crippen molar-refractivity contribution < 1.29 is 9.53 Å². The van der Waals surface area contributed by atoms with Gasteiger partial charge in [-0.15, -0.1) is 0 Å². The van der Waals surface area contributed by atoms with E-state index in [9.17, 15) is 4.79 Å². The monoisotopic (exact) mass is 214 g/mol. The molecule has 0 amide bonds. The van der Waals surface area contributed by atoms with Gasteiger partial charge in [0.15, 0.2) is 0 Å². The molecule has 0 bridgehead atoms. The van der Waals surface area contributed by atoms with Crippen LogP contribution in [0.3, 0.4) is 0 Å². The van der Waals surface area contributed by atoms with Crippen molar-refractivity contribution in [1.29, 1.82) is 0 Å². The molecule has 16 heavy (non-hydrogen) atoms. The number of esters is 1. The zero-order valence-electron chi connectivity index (χ0n) is 9.32. The summed E-state index contributed by atoms with van der Waals surface area (Å²) in [6, 6.07) is 5.98. The standard InChI is InChI=1S/C14H14O2/c1-9(15)16-10-6-7-13-11-4-2-3-5-12(11)14(13)8-10/h5-8,11H,2-4H2,1H3/t11-/m1/s1. The Kier molecular flexibility index (Phi) is 2.10. The molecule has 1 atom stereocenters. The maximum absolute atomic E-state index is 10.9. The molecule has 0 fully saturated rings. The van der Waals surface area contributed by atoms with Crippen LogP contribution in [0, 0.1) is 0 Å². The van der Waals surface area contributed by atoms with E-state index in [0.717, 1.165) is 0 Å². The fraction of sp³-hybridized carbons (Fsp3) is 0.357. The summed E-state index contributed by atoms with van der Waals surface area (Å²) in [5, 5.41) is 0. The van der Waals surface area contributed by atoms with Crippen LogP contribution in [-0.2, 0) is 4.79 Å². The molecule has 0 N–H and O–H groups in total. The Labute approximate surface area is 94.9 Å². The zero-order chi connectivity index (χ0) is 11.1. The second-order valence-electron chi connectivity index (χ2n) is 4.49. The number of rotatable bonds is 1. The normalized spacial score (nSPS) is 21.3. The third kappa shape index (κ3) is 1.37. The molecule has 0 spiro atoms. The number of carbonyl (C=O) groups excluding carboxylic acids is 1. The molecule has 3 rings (SSSR count). The first-order chi connectivity index (χ1) is 7.75. The lowest BCUT2D eigenvalue weighted by Gasteiger charge is -2.36. The molecule has 0 saturated carbocycles. The topological polar surface area (TPSA) is 26.3 Å². The first-order valence-corrected chi connectivity index (χ1v) is 5.78. The van der Waals surface area contributed by atoms with Gasteiger partial charge in [0.05, 0.1) is 0 Å². The number of hydrogen-bond donors (Lipinski definition) is 0. The Morgan fingerprint density at radius 1 is 1.44 bits per heavy atom. The van der Waals surface area contributed by atoms with Gasteiger partial charge in [-0.3, -0.25) is 4.79 Å². The molecule has 0 radical (unpaired) electrons. The summed E-state index contributed by atoms with van der Waals surface area (Å²) in [6.45, 7) is 1.43. The molecule has 1 aromatic carbocycles. The number of benzene rings is 1. The highest BCUT2D eigenvalue weighted by Gasteiger charge is 2.33. The van der Waals surface area contributed by atoms with Gasteiger partial charge in [-0.1, -0.05) is 12.1 Å². The third-order valence-electron chi connectivity index (χ3n) is 3.41. The Balaban J connectivity index is 1.96. The van der Waals surface area contributed by atoms with Gasteiger partial charge in [0.2, 0.25) is 0 Å². The lowest BCUT2D eigenvalue weighted by atomic mass is 9.68. The molecule has 0 aromatic heterocycles. The SMILES string of the molecule is CC(=O)Oc1ccc2c(c1)C1=CCCC[C@H]12. The summed E-state index contributed by atoms with van der Waals surface area (Å²) >= 11 is 0. The van der Waals surface area contributed by atoms with Gasteiger partial charge in [0.25, 0.3) is 0 Å². The van der Waals surface area contributed by atoms with E-state index < -0.39 is 0 Å². The molecule has 1 aromatic rings. The fourth-order valence-electron chi connectivity index (χ4n) is 2.74. The summed E-state index contributed by atoms with van der Waals surface area (Å²) in [4.78, 5) is 10.9. The highest BCUT2D eigenvalue weighted by molar-refractivity contribution is 5.85. The van der Waals surface area contributed by atoms with E-state index in [2.05, 4.69) is 12.1 Å². The largest absolute Gasteiger partial charge is 0.427 e. The minimum Gasteiger partial charge on any atom is -0.427 e. The lowest BCUT2D eigenvalue weighted by molar-refractivity contribution is -0.131. The summed E-state index contributed by atoms with van der Waals surface area (Å²) in [5.41, 5.74) is 4.15. The van der Waals surface area contributed by atoms with Crippen LogP contribution >= 0.6 is 0 Å². The van der Waals surface area contributed by atoms with Gasteiger partial charge in [0.1, 0.15) is 5.75 Å². The average Bonchev–Trinajstić information content (AvgIpc) is 2.26. The molecule has 2 nitrogen and oxygen atoms in total. The maximum Gasteiger partial charge on any atom is 0.308 e. The number of fused-ring (bicyclic) bond motifs is 4. The van der Waals surface area contributed by atoms with Crippen molar-refractivity contribution in [1.82, 2.24) is 0 Å². The molecular weight excluding hydrogens is 200 g/mol. The first kappa shape index (κ1) is 9.64. The number of carbonyl (C=O) groups is 1. The molecule has 2 aliphatic rings. The van der Waals surface area contributed by atoms with E-state index in [1.54, 1.807) is 0 Å². The van der Waals surface area contributed by atoms with E-state index in [0.29, 0.717) is 11.7 Å². The number of allylic oxidation sites excluding steroid dienone is 2. The number of ether oxygens (including phenoxy) is 1. The molecule has 0 aliphatic heterocycles. The number of hydrogen-bond acceptors (Lipinski definition) is 2. The van der Waals surface area contributed by atoms with Crippen molar-refractivity contribution in [2.24, 2.45) is 0 Å². The van der Waals surface area contributed by atoms with Crippen LogP contribution in [0.2, 0.25) is 0 Å². The predicted octanol–water partition coefficient (Wildman–Crippen LogP) is 3.28. The van der Waals surface area contributed by atoms with E-state index in [4.69, 9.17) is 4.74 Å². The Bertz CT molecular complexity index is 486. The quantitative estimate of drug-likeness (QED) is 0.529. The Morgan fingerprint density at radius 3 is 3.12 bits per heavy atom. The molecule has 2 heteroatoms. The second-order valence-corrected chi connectivity index (χ2v) is 4.49. The van der Waals surface area contributed by atoms with E-state index in [1.165, 1.54) is 42.9 Å². The van der Waals surface area contributed by atoms with Crippen molar-refractivity contribution >= 4 is 11.5 Å². The summed E-state index contributed by atoms with van der Waals surface area (Å²) in [6.07, 6.45) is 6.07. The highest BCUT2D eigenvalue weighted by atomic mass is 16.5. The van der Waals surface area contributed by atoms with Crippen LogP contribution in [-0.4, -0.2) is 5.97 Å². The Morgan fingerprint density at radius 2 is 2.31 bits per heavy atom. The van der Waals surface area contributed by atoms with Crippen LogP contribution in [0.25, 0.3) is 5.57 Å². The first-order valence-electron chi connectivity index (χ1n) is 5.78. The molecule has 2 aliphatic carbocycles. The van der Waals surface area contributed by atoms with Gasteiger partial charge in [-0.2, -0.15) is 0 Å². The van der Waals surface area contributed by atoms with E-state index in [-0.39, 0.29) is 5.97 Å². The lowest BCUT2D eigenvalue weighted by Crippen LogP contribution is -2.18. The molecule has 0 heterocycles. The van der Waals surface area contributed by atoms with Crippen LogP contribution in [0.15, 0.2) is 24.3 Å². The molecule has 0 unspecified atom stereocenters. The smallest absolute Gasteiger partial charge is 0.308 e. The van der Waals surface area contributed by atoms with Crippen LogP contribution in [0.4, 0.5) is 0 Å². The Hall–Kier alpha value is -1.57. The summed E-state index contributed by atoms with van der Waals surface area (Å²) in [5.74, 6) is 1.06. The van der Waals surface area contributed by atoms with Gasteiger partial charge >= 0.3 is 5.97 Å². The van der Waals surface area contributed by atoms with Crippen molar-refractivity contribution in [3.8, 4) is 5.75 Å². The zero-order valence-corrected chi connectivity index (χ0v) is 9.32. The summed E-state index contributed by atoms with van der Waals surface area (Å²) < 4.78 is 5.10. The van der Waals surface area contributed by atoms with Crippen LogP contribution < -0.4 is 4.74 Å². The molecule has 82 valence electrons. The highest BCUT2D eigenvalue weighted by Crippen LogP contribution is 2.51. The molecule has 0 saturated heterocycles. The third-order valence-corrected chi connectivity index (χ3v) is 3.41. The average molecular weight is 214 g/mol. The van der Waals surface area contributed by atoms with Crippen molar-refractivity contribution in [3.05, 3.63) is 35.4 Å². The predicted molar refractivity (Wildman–Crippen MR) is 62.3 cm³/mol. The van der Waals surface area contributed by atoms with Crippen molar-refractivity contribution in [2.75, 3.05) is 0 Å². The van der Waals surface area contributed by atoms with E-state index in [1.807, 2.05) is 12.1 Å². The second kappa shape index (κ2) is 3.48. The van der Waals surface area contributed by atoms with Crippen molar-refractivity contribution in [3.63, 3.8) is 0 Å². The minimum absolute atomic E-state index is 0.256. The maximum atomic E-state index is 10.9. The molecular formula is C14H14O2. The van der Waals surface area contributed by atoms with Gasteiger partial charge < -0.3 is 4.74 Å². The van der Waals surface area contributed by atoms with Crippen LogP contribution in [0.1, 0.15) is 43.2 Å². The van der Waals surface area contributed by atoms with Gasteiger partial charge in [-0.25, -0.2) is 0 Å². The van der Waals surface area contributed by atoms with Crippen LogP contribution in [0.5, 0.6) is 5.75 Å². The fourth-order valence-corrected chi connectivity index (χ4v) is 2.74.